The van der Waals surface area contributed by atoms with Gasteiger partial charge in [-0.05, 0) is 6.42 Å². The molecule has 0 aromatic rings. The van der Waals surface area contributed by atoms with Gasteiger partial charge in [0.25, 0.3) is 0 Å². The Labute approximate surface area is 60.7 Å². The first-order valence-corrected chi connectivity index (χ1v) is 2.87. The van der Waals surface area contributed by atoms with Crippen molar-refractivity contribution in [2.75, 3.05) is 0 Å². The first-order valence-electron chi connectivity index (χ1n) is 2.87. The minimum absolute atomic E-state index is 0.693. The molecule has 0 nitrogen and oxygen atoms in total. The van der Waals surface area contributed by atoms with Gasteiger partial charge >= 0.3 is 6.18 Å². The third-order valence-electron chi connectivity index (χ3n) is 1.07. The van der Waals surface area contributed by atoms with Crippen LogP contribution >= 0.6 is 0 Å². The lowest BCUT2D eigenvalue weighted by atomic mass is 10.1. The fourth-order valence-corrected chi connectivity index (χ4v) is 0.425. The highest BCUT2D eigenvalue weighted by molar-refractivity contribution is 5.01. The summed E-state index contributed by atoms with van der Waals surface area (Å²) in [4.78, 5) is 0. The summed E-state index contributed by atoms with van der Waals surface area (Å²) in [5.74, 6) is 0. The van der Waals surface area contributed by atoms with Crippen molar-refractivity contribution >= 4 is 0 Å². The summed E-state index contributed by atoms with van der Waals surface area (Å²) in [5.41, 5.74) is -1.10. The molecule has 0 heterocycles. The van der Waals surface area contributed by atoms with Crippen LogP contribution in [-0.4, -0.2) is 12.6 Å². The molecular formula is C6H7F5. The van der Waals surface area contributed by atoms with Crippen molar-refractivity contribution in [2.45, 2.75) is 25.4 Å². The summed E-state index contributed by atoms with van der Waals surface area (Å²) in [6, 6.07) is 0. The standard InChI is InChI=1S/C6H7F5/c1-4(6(9,10)11)2-3-5(7)8/h5H,1-3H2. The molecule has 0 rings (SSSR count). The molecule has 0 aliphatic rings. The van der Waals surface area contributed by atoms with Gasteiger partial charge in [-0.25, -0.2) is 8.78 Å². The van der Waals surface area contributed by atoms with Crippen molar-refractivity contribution in [2.24, 2.45) is 0 Å². The van der Waals surface area contributed by atoms with Gasteiger partial charge in [-0.1, -0.05) is 6.58 Å². The number of rotatable bonds is 3. The van der Waals surface area contributed by atoms with E-state index in [2.05, 4.69) is 6.58 Å². The van der Waals surface area contributed by atoms with Gasteiger partial charge in [0.15, 0.2) is 0 Å². The molecule has 0 saturated heterocycles. The minimum atomic E-state index is -4.53. The molecule has 0 aromatic heterocycles. The maximum Gasteiger partial charge on any atom is 0.412 e. The van der Waals surface area contributed by atoms with Crippen LogP contribution in [0.15, 0.2) is 12.2 Å². The molecule has 0 unspecified atom stereocenters. The first kappa shape index (κ1) is 10.4. The SMILES string of the molecule is C=C(CCC(F)F)C(F)(F)F. The van der Waals surface area contributed by atoms with E-state index in [0.29, 0.717) is 0 Å². The molecule has 0 N–H and O–H groups in total. The highest BCUT2D eigenvalue weighted by Crippen LogP contribution is 2.28. The third-order valence-corrected chi connectivity index (χ3v) is 1.07. The molecule has 0 bridgehead atoms. The first-order chi connectivity index (χ1) is 4.84. The summed E-state index contributed by atoms with van der Waals surface area (Å²) >= 11 is 0. The van der Waals surface area contributed by atoms with E-state index in [-0.39, 0.29) is 0 Å². The second-order valence-corrected chi connectivity index (χ2v) is 2.03. The van der Waals surface area contributed by atoms with Crippen molar-refractivity contribution in [1.29, 1.82) is 0 Å². The average Bonchev–Trinajstić information content (AvgIpc) is 1.80. The highest BCUT2D eigenvalue weighted by Gasteiger charge is 2.31. The molecule has 0 saturated carbocycles. The van der Waals surface area contributed by atoms with Crippen molar-refractivity contribution in [3.8, 4) is 0 Å². The zero-order valence-corrected chi connectivity index (χ0v) is 5.59. The van der Waals surface area contributed by atoms with E-state index in [1.54, 1.807) is 0 Å². The molecule has 5 heteroatoms. The van der Waals surface area contributed by atoms with Gasteiger partial charge in [0.2, 0.25) is 6.43 Å². The summed E-state index contributed by atoms with van der Waals surface area (Å²) in [7, 11) is 0. The Bertz CT molecular complexity index is 134. The second-order valence-electron chi connectivity index (χ2n) is 2.03. The van der Waals surface area contributed by atoms with Crippen LogP contribution in [0.1, 0.15) is 12.8 Å². The van der Waals surface area contributed by atoms with Gasteiger partial charge in [-0.15, -0.1) is 0 Å². The number of halogens is 5. The average molecular weight is 174 g/mol. The van der Waals surface area contributed by atoms with E-state index in [1.165, 1.54) is 0 Å². The predicted molar refractivity (Wildman–Crippen MR) is 30.4 cm³/mol. The predicted octanol–water partition coefficient (Wildman–Crippen LogP) is 3.15. The quantitative estimate of drug-likeness (QED) is 0.455. The molecule has 0 amide bonds. The number of allylic oxidation sites excluding steroid dienone is 1. The van der Waals surface area contributed by atoms with E-state index >= 15 is 0 Å². The zero-order valence-electron chi connectivity index (χ0n) is 5.59. The molecule has 0 atom stereocenters. The summed E-state index contributed by atoms with van der Waals surface area (Å²) in [5, 5.41) is 0. The molecule has 0 fully saturated rings. The number of hydrogen-bond donors (Lipinski definition) is 0. The lowest BCUT2D eigenvalue weighted by Crippen LogP contribution is -2.11. The van der Waals surface area contributed by atoms with Crippen molar-refractivity contribution in [1.82, 2.24) is 0 Å². The van der Waals surface area contributed by atoms with Crippen LogP contribution in [-0.2, 0) is 0 Å². The van der Waals surface area contributed by atoms with Gasteiger partial charge in [0.1, 0.15) is 0 Å². The molecule has 0 radical (unpaired) electrons. The van der Waals surface area contributed by atoms with Gasteiger partial charge in [0.05, 0.1) is 0 Å². The molecule has 0 aliphatic carbocycles. The van der Waals surface area contributed by atoms with E-state index in [4.69, 9.17) is 0 Å². The maximum atomic E-state index is 11.6. The fourth-order valence-electron chi connectivity index (χ4n) is 0.425. The van der Waals surface area contributed by atoms with Gasteiger partial charge in [-0.3, -0.25) is 0 Å². The van der Waals surface area contributed by atoms with E-state index in [0.717, 1.165) is 0 Å². The van der Waals surface area contributed by atoms with Gasteiger partial charge in [0, 0.05) is 12.0 Å². The Morgan fingerprint density at radius 3 is 2.00 bits per heavy atom. The van der Waals surface area contributed by atoms with Crippen LogP contribution < -0.4 is 0 Å². The Hall–Kier alpha value is -0.610. The largest absolute Gasteiger partial charge is 0.412 e. The minimum Gasteiger partial charge on any atom is -0.211 e. The van der Waals surface area contributed by atoms with Crippen LogP contribution in [0.25, 0.3) is 0 Å². The third kappa shape index (κ3) is 4.75. The lowest BCUT2D eigenvalue weighted by molar-refractivity contribution is -0.0944. The molecule has 0 aromatic carbocycles. The van der Waals surface area contributed by atoms with E-state index in [9.17, 15) is 22.0 Å². The van der Waals surface area contributed by atoms with Crippen LogP contribution in [0.2, 0.25) is 0 Å². The van der Waals surface area contributed by atoms with Crippen LogP contribution in [0.3, 0.4) is 0 Å². The summed E-state index contributed by atoms with van der Waals surface area (Å²) in [6.45, 7) is 2.64. The van der Waals surface area contributed by atoms with Gasteiger partial charge < -0.3 is 0 Å². The van der Waals surface area contributed by atoms with E-state index < -0.39 is 31.0 Å². The van der Waals surface area contributed by atoms with Gasteiger partial charge in [-0.2, -0.15) is 13.2 Å². The highest BCUT2D eigenvalue weighted by atomic mass is 19.4. The number of hydrogen-bond acceptors (Lipinski definition) is 0. The Morgan fingerprint density at radius 1 is 1.27 bits per heavy atom. The Kier molecular flexibility index (Phi) is 3.48. The van der Waals surface area contributed by atoms with Crippen LogP contribution in [0.4, 0.5) is 22.0 Å². The maximum absolute atomic E-state index is 11.6. The van der Waals surface area contributed by atoms with Crippen LogP contribution in [0.5, 0.6) is 0 Å². The second kappa shape index (κ2) is 3.69. The smallest absolute Gasteiger partial charge is 0.211 e. The Morgan fingerprint density at radius 2 is 1.73 bits per heavy atom. The van der Waals surface area contributed by atoms with Crippen molar-refractivity contribution in [3.05, 3.63) is 12.2 Å². The zero-order chi connectivity index (χ0) is 9.07. The summed E-state index contributed by atoms with van der Waals surface area (Å²) < 4.78 is 57.4. The Balaban J connectivity index is 3.71. The summed E-state index contributed by atoms with van der Waals surface area (Å²) in [6.07, 6.45) is -8.71. The van der Waals surface area contributed by atoms with Crippen molar-refractivity contribution < 1.29 is 22.0 Å². The molecule has 11 heavy (non-hydrogen) atoms. The van der Waals surface area contributed by atoms with E-state index in [1.807, 2.05) is 0 Å². The topological polar surface area (TPSA) is 0 Å². The normalized spacial score (nSPS) is 12.2. The molecular weight excluding hydrogens is 167 g/mol. The molecule has 0 spiro atoms. The van der Waals surface area contributed by atoms with Crippen LogP contribution in [0, 0.1) is 0 Å². The fraction of sp³-hybridized carbons (Fsp3) is 0.667. The van der Waals surface area contributed by atoms with Crippen molar-refractivity contribution in [3.63, 3.8) is 0 Å². The molecule has 66 valence electrons. The monoisotopic (exact) mass is 174 g/mol. The lowest BCUT2D eigenvalue weighted by Gasteiger charge is -2.08. The molecule has 0 aliphatic heterocycles. The number of alkyl halides is 5.